The first-order chi connectivity index (χ1) is 8.82. The lowest BCUT2D eigenvalue weighted by atomic mass is 10.1. The van der Waals surface area contributed by atoms with Crippen molar-refractivity contribution in [3.8, 4) is 5.75 Å². The summed E-state index contributed by atoms with van der Waals surface area (Å²) < 4.78 is 43.1. The first kappa shape index (κ1) is 14.0. The van der Waals surface area contributed by atoms with Crippen LogP contribution < -0.4 is 9.64 Å². The molecule has 3 nitrogen and oxygen atoms in total. The molecule has 1 aliphatic rings. The highest BCUT2D eigenvalue weighted by atomic mass is 32.1. The Morgan fingerprint density at radius 1 is 1.42 bits per heavy atom. The first-order valence-corrected chi connectivity index (χ1v) is 6.08. The van der Waals surface area contributed by atoms with Crippen LogP contribution in [0.1, 0.15) is 12.0 Å². The number of carbonyl (C=O) groups excluding carboxylic acids is 1. The Bertz CT molecular complexity index is 504. The summed E-state index contributed by atoms with van der Waals surface area (Å²) in [5.74, 6) is -0.0126. The van der Waals surface area contributed by atoms with E-state index in [1.54, 1.807) is 0 Å². The lowest BCUT2D eigenvalue weighted by molar-refractivity contribution is -0.137. The second-order valence-electron chi connectivity index (χ2n) is 4.25. The van der Waals surface area contributed by atoms with E-state index in [1.807, 2.05) is 0 Å². The molecule has 0 aliphatic carbocycles. The van der Waals surface area contributed by atoms with Gasteiger partial charge >= 0.3 is 6.18 Å². The van der Waals surface area contributed by atoms with Crippen LogP contribution in [0.4, 0.5) is 18.9 Å². The minimum Gasteiger partial charge on any atom is -0.495 e. The summed E-state index contributed by atoms with van der Waals surface area (Å²) in [5.41, 5.74) is -0.669. The normalized spacial score (nSPS) is 19.9. The fraction of sp³-hybridized carbons (Fsp3) is 0.417. The van der Waals surface area contributed by atoms with Crippen LogP contribution in [0.25, 0.3) is 0 Å². The molecule has 2 rings (SSSR count). The maximum Gasteiger partial charge on any atom is 0.416 e. The predicted molar refractivity (Wildman–Crippen MR) is 67.7 cm³/mol. The number of ether oxygens (including phenoxy) is 1. The van der Waals surface area contributed by atoms with Gasteiger partial charge in [-0.25, -0.2) is 0 Å². The molecule has 1 fully saturated rings. The van der Waals surface area contributed by atoms with Gasteiger partial charge in [0.1, 0.15) is 5.75 Å². The van der Waals surface area contributed by atoms with Crippen molar-refractivity contribution >= 4 is 24.2 Å². The topological polar surface area (TPSA) is 29.5 Å². The number of alkyl halides is 3. The van der Waals surface area contributed by atoms with Gasteiger partial charge in [-0.15, -0.1) is 0 Å². The van der Waals surface area contributed by atoms with Crippen LogP contribution in [-0.2, 0) is 11.0 Å². The molecule has 0 radical (unpaired) electrons. The fourth-order valence-corrected chi connectivity index (χ4v) is 2.32. The smallest absolute Gasteiger partial charge is 0.416 e. The van der Waals surface area contributed by atoms with E-state index in [9.17, 15) is 18.0 Å². The number of halogens is 3. The van der Waals surface area contributed by atoms with E-state index in [0.29, 0.717) is 0 Å². The Balaban J connectivity index is 2.45. The van der Waals surface area contributed by atoms with Crippen molar-refractivity contribution in [2.45, 2.75) is 17.8 Å². The zero-order valence-corrected chi connectivity index (χ0v) is 11.0. The third-order valence-electron chi connectivity index (χ3n) is 2.90. The summed E-state index contributed by atoms with van der Waals surface area (Å²) in [6.07, 6.45) is -4.24. The van der Waals surface area contributed by atoms with Crippen molar-refractivity contribution in [2.75, 3.05) is 18.6 Å². The number of methoxy groups -OCH3 is 1. The second kappa shape index (κ2) is 4.96. The second-order valence-corrected chi connectivity index (χ2v) is 4.98. The summed E-state index contributed by atoms with van der Waals surface area (Å²) in [4.78, 5) is 13.0. The Morgan fingerprint density at radius 3 is 2.58 bits per heavy atom. The Morgan fingerprint density at radius 2 is 2.11 bits per heavy atom. The molecule has 104 valence electrons. The van der Waals surface area contributed by atoms with Crippen LogP contribution in [0.15, 0.2) is 18.2 Å². The van der Waals surface area contributed by atoms with Gasteiger partial charge in [0.2, 0.25) is 5.91 Å². The maximum atomic E-state index is 12.7. The van der Waals surface area contributed by atoms with Crippen LogP contribution in [-0.4, -0.2) is 24.8 Å². The molecule has 0 N–H and O–H groups in total. The summed E-state index contributed by atoms with van der Waals surface area (Å²) in [6.45, 7) is 0.277. The van der Waals surface area contributed by atoms with E-state index in [2.05, 4.69) is 12.6 Å². The minimum absolute atomic E-state index is 0.138. The Hall–Kier alpha value is -1.37. The number of nitrogens with zero attached hydrogens (tertiary/aromatic N) is 1. The van der Waals surface area contributed by atoms with Gasteiger partial charge in [0, 0.05) is 18.2 Å². The number of thiol groups is 1. The van der Waals surface area contributed by atoms with Crippen LogP contribution >= 0.6 is 12.6 Å². The van der Waals surface area contributed by atoms with Gasteiger partial charge in [-0.1, -0.05) is 0 Å². The summed E-state index contributed by atoms with van der Waals surface area (Å²) in [7, 11) is 1.35. The van der Waals surface area contributed by atoms with Crippen molar-refractivity contribution in [3.05, 3.63) is 23.8 Å². The molecule has 0 spiro atoms. The molecule has 1 unspecified atom stereocenters. The van der Waals surface area contributed by atoms with E-state index < -0.39 is 11.7 Å². The van der Waals surface area contributed by atoms with Gasteiger partial charge in [0.15, 0.2) is 0 Å². The highest BCUT2D eigenvalue weighted by Gasteiger charge is 2.35. The number of amides is 1. The molecular formula is C12H12F3NO2S. The molecule has 1 atom stereocenters. The molecular weight excluding hydrogens is 279 g/mol. The maximum absolute atomic E-state index is 12.7. The van der Waals surface area contributed by atoms with Crippen LogP contribution in [0.5, 0.6) is 5.75 Å². The summed E-state index contributed by atoms with van der Waals surface area (Å²) in [6, 6.07) is 3.08. The molecule has 1 aliphatic heterocycles. The van der Waals surface area contributed by atoms with Crippen LogP contribution in [0.2, 0.25) is 0 Å². The summed E-state index contributed by atoms with van der Waals surface area (Å²) in [5, 5.41) is -0.174. The number of carbonyl (C=O) groups is 1. The van der Waals surface area contributed by atoms with Gasteiger partial charge in [-0.3, -0.25) is 4.79 Å². The largest absolute Gasteiger partial charge is 0.495 e. The highest BCUT2D eigenvalue weighted by Crippen LogP contribution is 2.38. The quantitative estimate of drug-likeness (QED) is 0.849. The molecule has 1 aromatic carbocycles. The average Bonchev–Trinajstić information content (AvgIpc) is 2.66. The van der Waals surface area contributed by atoms with Gasteiger partial charge in [0.05, 0.1) is 18.4 Å². The SMILES string of the molecule is COc1ccc(C(F)(F)F)cc1N1CC(S)CC1=O. The monoisotopic (exact) mass is 291 g/mol. The summed E-state index contributed by atoms with van der Waals surface area (Å²) >= 11 is 4.18. The third kappa shape index (κ3) is 2.80. The van der Waals surface area contributed by atoms with Crippen molar-refractivity contribution in [1.29, 1.82) is 0 Å². The van der Waals surface area contributed by atoms with Gasteiger partial charge in [-0.2, -0.15) is 25.8 Å². The standard InChI is InChI=1S/C12H12F3NO2S/c1-18-10-3-2-7(12(13,14)15)4-9(10)16-6-8(19)5-11(16)17/h2-4,8,19H,5-6H2,1H3. The molecule has 19 heavy (non-hydrogen) atoms. The van der Waals surface area contributed by atoms with E-state index in [-0.39, 0.29) is 35.6 Å². The van der Waals surface area contributed by atoms with Crippen molar-refractivity contribution in [1.82, 2.24) is 0 Å². The molecule has 7 heteroatoms. The van der Waals surface area contributed by atoms with Crippen molar-refractivity contribution in [2.24, 2.45) is 0 Å². The molecule has 0 bridgehead atoms. The third-order valence-corrected chi connectivity index (χ3v) is 3.25. The van der Waals surface area contributed by atoms with Gasteiger partial charge in [-0.05, 0) is 18.2 Å². The van der Waals surface area contributed by atoms with E-state index in [4.69, 9.17) is 4.74 Å². The molecule has 1 amide bonds. The average molecular weight is 291 g/mol. The predicted octanol–water partition coefficient (Wildman–Crippen LogP) is 2.75. The van der Waals surface area contributed by atoms with Crippen LogP contribution in [0, 0.1) is 0 Å². The van der Waals surface area contributed by atoms with Crippen molar-refractivity contribution in [3.63, 3.8) is 0 Å². The number of hydrogen-bond donors (Lipinski definition) is 1. The van der Waals surface area contributed by atoms with Crippen molar-refractivity contribution < 1.29 is 22.7 Å². The lowest BCUT2D eigenvalue weighted by Crippen LogP contribution is -2.25. The van der Waals surface area contributed by atoms with E-state index in [1.165, 1.54) is 18.1 Å². The minimum atomic E-state index is -4.45. The van der Waals surface area contributed by atoms with E-state index >= 15 is 0 Å². The fourth-order valence-electron chi connectivity index (χ4n) is 2.00. The number of hydrogen-bond acceptors (Lipinski definition) is 3. The Labute approximate surface area is 113 Å². The zero-order chi connectivity index (χ0) is 14.2. The van der Waals surface area contributed by atoms with Gasteiger partial charge in [0.25, 0.3) is 0 Å². The lowest BCUT2D eigenvalue weighted by Gasteiger charge is -2.20. The van der Waals surface area contributed by atoms with Gasteiger partial charge < -0.3 is 9.64 Å². The first-order valence-electron chi connectivity index (χ1n) is 5.56. The number of rotatable bonds is 2. The molecule has 1 saturated heterocycles. The van der Waals surface area contributed by atoms with E-state index in [0.717, 1.165) is 12.1 Å². The Kier molecular flexibility index (Phi) is 3.66. The molecule has 1 aromatic rings. The number of anilines is 1. The zero-order valence-electron chi connectivity index (χ0n) is 10.1. The molecule has 0 saturated carbocycles. The molecule has 0 aromatic heterocycles. The molecule has 1 heterocycles. The number of benzene rings is 1. The van der Waals surface area contributed by atoms with Crippen LogP contribution in [0.3, 0.4) is 0 Å². The highest BCUT2D eigenvalue weighted by molar-refractivity contribution is 7.81.